The number of para-hydroxylation sites is 1. The first kappa shape index (κ1) is 19.7. The fourth-order valence-corrected chi connectivity index (χ4v) is 4.56. The van der Waals surface area contributed by atoms with Crippen molar-refractivity contribution >= 4 is 34.3 Å². The molecule has 0 bridgehead atoms. The van der Waals surface area contributed by atoms with Gasteiger partial charge < -0.3 is 9.64 Å². The Kier molecular flexibility index (Phi) is 5.42. The monoisotopic (exact) mass is 413 g/mol. The molecule has 8 nitrogen and oxygen atoms in total. The van der Waals surface area contributed by atoms with Crippen LogP contribution >= 0.6 is 11.8 Å². The highest BCUT2D eigenvalue weighted by Crippen LogP contribution is 2.22. The summed E-state index contributed by atoms with van der Waals surface area (Å²) >= 11 is 1.32. The highest BCUT2D eigenvalue weighted by Gasteiger charge is 2.26. The second-order valence-electron chi connectivity index (χ2n) is 7.18. The second-order valence-corrected chi connectivity index (χ2v) is 8.13. The quantitative estimate of drug-likeness (QED) is 0.470. The molecule has 1 aromatic carbocycles. The molecule has 9 heteroatoms. The Bertz CT molecular complexity index is 1130. The molecule has 0 radical (unpaired) electrons. The number of morpholine rings is 1. The van der Waals surface area contributed by atoms with Gasteiger partial charge in [0.05, 0.1) is 28.9 Å². The first-order valence-corrected chi connectivity index (χ1v) is 10.5. The number of carbonyl (C=O) groups is 1. The first-order chi connectivity index (χ1) is 14.0. The van der Waals surface area contributed by atoms with Gasteiger partial charge in [0.25, 0.3) is 5.56 Å². The molecule has 3 heterocycles. The van der Waals surface area contributed by atoms with E-state index < -0.39 is 0 Å². The van der Waals surface area contributed by atoms with Crippen molar-refractivity contribution in [1.82, 2.24) is 24.1 Å². The van der Waals surface area contributed by atoms with Crippen molar-refractivity contribution in [1.29, 1.82) is 0 Å². The standard InChI is InChI=1S/C20H23N5O3S/c1-4-9-24-18(27)15-7-5-6-8-16(15)25-19(24)21-22-20(25)29-12-17(26)23-10-13(2)28-14(3)11-23/h4-8,13-14H,1,9-12H2,2-3H3. The van der Waals surface area contributed by atoms with Crippen molar-refractivity contribution in [3.63, 3.8) is 0 Å². The lowest BCUT2D eigenvalue weighted by molar-refractivity contribution is -0.140. The van der Waals surface area contributed by atoms with Gasteiger partial charge in [0.15, 0.2) is 5.16 Å². The lowest BCUT2D eigenvalue weighted by Crippen LogP contribution is -2.48. The fraction of sp³-hybridized carbons (Fsp3) is 0.400. The lowest BCUT2D eigenvalue weighted by Gasteiger charge is -2.35. The fourth-order valence-electron chi connectivity index (χ4n) is 3.72. The minimum Gasteiger partial charge on any atom is -0.372 e. The van der Waals surface area contributed by atoms with Crippen LogP contribution in [0.4, 0.5) is 0 Å². The Morgan fingerprint density at radius 2 is 2.00 bits per heavy atom. The smallest absolute Gasteiger partial charge is 0.263 e. The molecule has 29 heavy (non-hydrogen) atoms. The van der Waals surface area contributed by atoms with Gasteiger partial charge in [0.1, 0.15) is 0 Å². The predicted molar refractivity (Wildman–Crippen MR) is 112 cm³/mol. The highest BCUT2D eigenvalue weighted by molar-refractivity contribution is 7.99. The van der Waals surface area contributed by atoms with Gasteiger partial charge in [0, 0.05) is 19.6 Å². The van der Waals surface area contributed by atoms with Crippen molar-refractivity contribution in [3.8, 4) is 0 Å². The molecule has 152 valence electrons. The van der Waals surface area contributed by atoms with E-state index in [1.165, 1.54) is 11.8 Å². The summed E-state index contributed by atoms with van der Waals surface area (Å²) in [7, 11) is 0. The van der Waals surface area contributed by atoms with Crippen LogP contribution in [0.3, 0.4) is 0 Å². The summed E-state index contributed by atoms with van der Waals surface area (Å²) in [5.74, 6) is 0.726. The van der Waals surface area contributed by atoms with Gasteiger partial charge in [0.2, 0.25) is 11.7 Å². The van der Waals surface area contributed by atoms with Crippen molar-refractivity contribution in [2.24, 2.45) is 0 Å². The third kappa shape index (κ3) is 3.67. The van der Waals surface area contributed by atoms with Crippen LogP contribution in [0.1, 0.15) is 13.8 Å². The van der Waals surface area contributed by atoms with Crippen molar-refractivity contribution in [3.05, 3.63) is 47.3 Å². The highest BCUT2D eigenvalue weighted by atomic mass is 32.2. The Morgan fingerprint density at radius 3 is 2.72 bits per heavy atom. The van der Waals surface area contributed by atoms with Gasteiger partial charge in [-0.1, -0.05) is 30.0 Å². The summed E-state index contributed by atoms with van der Waals surface area (Å²) in [6.07, 6.45) is 1.71. The van der Waals surface area contributed by atoms with Crippen LogP contribution in [0.2, 0.25) is 0 Å². The van der Waals surface area contributed by atoms with Crippen LogP contribution in [0.15, 0.2) is 46.9 Å². The molecule has 0 saturated carbocycles. The van der Waals surface area contributed by atoms with E-state index in [2.05, 4.69) is 16.8 Å². The number of amides is 1. The zero-order valence-corrected chi connectivity index (χ0v) is 17.3. The van der Waals surface area contributed by atoms with Crippen LogP contribution in [-0.2, 0) is 16.1 Å². The number of hydrogen-bond donors (Lipinski definition) is 0. The van der Waals surface area contributed by atoms with E-state index in [9.17, 15) is 9.59 Å². The molecular formula is C20H23N5O3S. The number of allylic oxidation sites excluding steroid dienone is 1. The van der Waals surface area contributed by atoms with Gasteiger partial charge in [-0.05, 0) is 26.0 Å². The molecule has 1 fully saturated rings. The summed E-state index contributed by atoms with van der Waals surface area (Å²) in [6.45, 7) is 9.19. The molecule has 0 N–H and O–H groups in total. The van der Waals surface area contributed by atoms with E-state index in [4.69, 9.17) is 4.74 Å². The molecule has 1 aliphatic rings. The number of hydrogen-bond acceptors (Lipinski definition) is 6. The zero-order valence-electron chi connectivity index (χ0n) is 16.4. The average Bonchev–Trinajstić information content (AvgIpc) is 3.12. The van der Waals surface area contributed by atoms with E-state index in [1.807, 2.05) is 41.3 Å². The SMILES string of the molecule is C=CCn1c(=O)c2ccccc2n2c(SCC(=O)N3CC(C)OC(C)C3)nnc12. The molecule has 3 aromatic rings. The second kappa shape index (κ2) is 8.00. The Labute approximate surface area is 172 Å². The summed E-state index contributed by atoms with van der Waals surface area (Å²) in [5.41, 5.74) is 0.589. The summed E-state index contributed by atoms with van der Waals surface area (Å²) in [6, 6.07) is 7.35. The summed E-state index contributed by atoms with van der Waals surface area (Å²) in [5, 5.41) is 9.64. The van der Waals surface area contributed by atoms with E-state index in [1.54, 1.807) is 16.7 Å². The zero-order chi connectivity index (χ0) is 20.5. The minimum absolute atomic E-state index is 0.0268. The van der Waals surface area contributed by atoms with Crippen molar-refractivity contribution < 1.29 is 9.53 Å². The normalized spacial score (nSPS) is 19.7. The molecule has 2 aromatic heterocycles. The maximum atomic E-state index is 12.8. The van der Waals surface area contributed by atoms with Gasteiger partial charge in [-0.25, -0.2) is 0 Å². The van der Waals surface area contributed by atoms with E-state index in [0.717, 1.165) is 5.52 Å². The molecule has 2 atom stereocenters. The third-order valence-electron chi connectivity index (χ3n) is 4.89. The number of nitrogens with zero attached hydrogens (tertiary/aromatic N) is 5. The van der Waals surface area contributed by atoms with E-state index in [0.29, 0.717) is 36.0 Å². The number of ether oxygens (including phenoxy) is 1. The first-order valence-electron chi connectivity index (χ1n) is 9.53. The molecule has 1 saturated heterocycles. The minimum atomic E-state index is -0.135. The van der Waals surface area contributed by atoms with Gasteiger partial charge >= 0.3 is 0 Å². The molecule has 1 amide bonds. The number of benzene rings is 1. The Morgan fingerprint density at radius 1 is 1.28 bits per heavy atom. The van der Waals surface area contributed by atoms with Crippen LogP contribution < -0.4 is 5.56 Å². The predicted octanol–water partition coefficient (Wildman–Crippen LogP) is 1.96. The summed E-state index contributed by atoms with van der Waals surface area (Å²) in [4.78, 5) is 27.4. The average molecular weight is 414 g/mol. The van der Waals surface area contributed by atoms with Crippen LogP contribution in [0.25, 0.3) is 16.7 Å². The Hall–Kier alpha value is -2.65. The van der Waals surface area contributed by atoms with E-state index in [-0.39, 0.29) is 29.4 Å². The number of aromatic nitrogens is 4. The van der Waals surface area contributed by atoms with Gasteiger partial charge in [-0.2, -0.15) is 0 Å². The Balaban J connectivity index is 1.67. The number of fused-ring (bicyclic) bond motifs is 3. The molecule has 0 aliphatic carbocycles. The molecule has 4 rings (SSSR count). The lowest BCUT2D eigenvalue weighted by atomic mass is 10.2. The van der Waals surface area contributed by atoms with Gasteiger partial charge in [-0.3, -0.25) is 18.6 Å². The van der Waals surface area contributed by atoms with Crippen LogP contribution in [0.5, 0.6) is 0 Å². The van der Waals surface area contributed by atoms with E-state index >= 15 is 0 Å². The van der Waals surface area contributed by atoms with Crippen LogP contribution in [0, 0.1) is 0 Å². The molecular weight excluding hydrogens is 390 g/mol. The van der Waals surface area contributed by atoms with Gasteiger partial charge in [-0.15, -0.1) is 16.8 Å². The summed E-state index contributed by atoms with van der Waals surface area (Å²) < 4.78 is 9.08. The number of carbonyl (C=O) groups excluding carboxylic acids is 1. The topological polar surface area (TPSA) is 81.7 Å². The number of thioether (sulfide) groups is 1. The third-order valence-corrected chi connectivity index (χ3v) is 5.80. The van der Waals surface area contributed by atoms with Crippen molar-refractivity contribution in [2.75, 3.05) is 18.8 Å². The maximum absolute atomic E-state index is 12.8. The molecule has 1 aliphatic heterocycles. The molecule has 2 unspecified atom stereocenters. The maximum Gasteiger partial charge on any atom is 0.263 e. The largest absolute Gasteiger partial charge is 0.372 e. The van der Waals surface area contributed by atoms with Crippen LogP contribution in [-0.4, -0.2) is 61.0 Å². The van der Waals surface area contributed by atoms with Crippen molar-refractivity contribution in [2.45, 2.75) is 37.8 Å². The number of rotatable bonds is 5. The molecule has 0 spiro atoms.